The maximum Gasteiger partial charge on any atom is 0.239 e. The van der Waals surface area contributed by atoms with Crippen molar-refractivity contribution in [3.05, 3.63) is 0 Å². The molecular weight excluding hydrogens is 176 g/mol. The van der Waals surface area contributed by atoms with E-state index in [9.17, 15) is 4.79 Å². The van der Waals surface area contributed by atoms with Gasteiger partial charge in [0.15, 0.2) is 0 Å². The maximum atomic E-state index is 11.6. The normalized spacial score (nSPS) is 17.6. The molecule has 0 saturated heterocycles. The molecule has 0 saturated carbocycles. The lowest BCUT2D eigenvalue weighted by molar-refractivity contribution is -0.126. The van der Waals surface area contributed by atoms with Crippen LogP contribution in [0, 0.1) is 11.8 Å². The van der Waals surface area contributed by atoms with E-state index in [1.807, 2.05) is 6.92 Å². The SMILES string of the molecule is CCC(C)(N)C(=O)NCC(C)C(C)C. The zero-order valence-corrected chi connectivity index (χ0v) is 10.1. The van der Waals surface area contributed by atoms with Gasteiger partial charge in [-0.25, -0.2) is 0 Å². The first-order chi connectivity index (χ1) is 6.31. The molecule has 0 radical (unpaired) electrons. The van der Waals surface area contributed by atoms with Gasteiger partial charge in [-0.3, -0.25) is 4.79 Å². The molecule has 3 heteroatoms. The number of hydrogen-bond acceptors (Lipinski definition) is 2. The van der Waals surface area contributed by atoms with Gasteiger partial charge in [-0.2, -0.15) is 0 Å². The summed E-state index contributed by atoms with van der Waals surface area (Å²) in [5.41, 5.74) is 5.08. The summed E-state index contributed by atoms with van der Waals surface area (Å²) in [5, 5.41) is 2.89. The molecular formula is C11H24N2O. The highest BCUT2D eigenvalue weighted by Crippen LogP contribution is 2.09. The third kappa shape index (κ3) is 4.09. The van der Waals surface area contributed by atoms with Crippen LogP contribution >= 0.6 is 0 Å². The molecule has 0 aliphatic heterocycles. The summed E-state index contributed by atoms with van der Waals surface area (Å²) < 4.78 is 0. The topological polar surface area (TPSA) is 55.1 Å². The zero-order chi connectivity index (χ0) is 11.4. The first-order valence-corrected chi connectivity index (χ1v) is 5.38. The minimum atomic E-state index is -0.725. The van der Waals surface area contributed by atoms with Crippen molar-refractivity contribution < 1.29 is 4.79 Å². The second-order valence-corrected chi connectivity index (χ2v) is 4.70. The van der Waals surface area contributed by atoms with Crippen LogP contribution in [-0.2, 0) is 4.79 Å². The van der Waals surface area contributed by atoms with E-state index in [0.29, 0.717) is 24.8 Å². The number of nitrogens with two attached hydrogens (primary N) is 1. The molecule has 14 heavy (non-hydrogen) atoms. The van der Waals surface area contributed by atoms with Gasteiger partial charge in [0, 0.05) is 6.54 Å². The summed E-state index contributed by atoms with van der Waals surface area (Å²) >= 11 is 0. The fourth-order valence-corrected chi connectivity index (χ4v) is 0.852. The predicted octanol–water partition coefficient (Wildman–Crippen LogP) is 1.52. The van der Waals surface area contributed by atoms with Gasteiger partial charge in [0.25, 0.3) is 0 Å². The quantitative estimate of drug-likeness (QED) is 0.707. The van der Waals surface area contributed by atoms with Crippen molar-refractivity contribution in [3.8, 4) is 0 Å². The van der Waals surface area contributed by atoms with Crippen LogP contribution in [0.3, 0.4) is 0 Å². The second kappa shape index (κ2) is 5.35. The fraction of sp³-hybridized carbons (Fsp3) is 0.909. The average molecular weight is 200 g/mol. The number of hydrogen-bond donors (Lipinski definition) is 2. The third-order valence-electron chi connectivity index (χ3n) is 2.98. The van der Waals surface area contributed by atoms with Crippen molar-refractivity contribution in [1.29, 1.82) is 0 Å². The maximum absolute atomic E-state index is 11.6. The zero-order valence-electron chi connectivity index (χ0n) is 10.1. The van der Waals surface area contributed by atoms with E-state index in [0.717, 1.165) is 0 Å². The summed E-state index contributed by atoms with van der Waals surface area (Å²) in [7, 11) is 0. The third-order valence-corrected chi connectivity index (χ3v) is 2.98. The van der Waals surface area contributed by atoms with Crippen LogP contribution < -0.4 is 11.1 Å². The molecule has 0 bridgehead atoms. The molecule has 0 aliphatic carbocycles. The first-order valence-electron chi connectivity index (χ1n) is 5.38. The Morgan fingerprint density at radius 1 is 1.43 bits per heavy atom. The lowest BCUT2D eigenvalue weighted by atomic mass is 9.96. The van der Waals surface area contributed by atoms with Gasteiger partial charge in [-0.15, -0.1) is 0 Å². The van der Waals surface area contributed by atoms with Gasteiger partial charge >= 0.3 is 0 Å². The van der Waals surface area contributed by atoms with E-state index >= 15 is 0 Å². The standard InChI is InChI=1S/C11H24N2O/c1-6-11(5,12)10(14)13-7-9(4)8(2)3/h8-9H,6-7,12H2,1-5H3,(H,13,14). The van der Waals surface area contributed by atoms with E-state index in [2.05, 4.69) is 26.1 Å². The molecule has 0 fully saturated rings. The number of nitrogens with one attached hydrogen (secondary N) is 1. The van der Waals surface area contributed by atoms with Crippen molar-refractivity contribution in [3.63, 3.8) is 0 Å². The molecule has 84 valence electrons. The lowest BCUT2D eigenvalue weighted by Crippen LogP contribution is -2.52. The van der Waals surface area contributed by atoms with Crippen LogP contribution in [0.5, 0.6) is 0 Å². The second-order valence-electron chi connectivity index (χ2n) is 4.70. The Balaban J connectivity index is 3.97. The number of amides is 1. The lowest BCUT2D eigenvalue weighted by Gasteiger charge is -2.24. The average Bonchev–Trinajstić information content (AvgIpc) is 2.13. The van der Waals surface area contributed by atoms with E-state index in [1.165, 1.54) is 0 Å². The molecule has 0 aromatic rings. The van der Waals surface area contributed by atoms with E-state index in [4.69, 9.17) is 5.73 Å². The minimum Gasteiger partial charge on any atom is -0.354 e. The van der Waals surface area contributed by atoms with Crippen LogP contribution in [0.1, 0.15) is 41.0 Å². The van der Waals surface area contributed by atoms with Crippen molar-refractivity contribution >= 4 is 5.91 Å². The smallest absolute Gasteiger partial charge is 0.239 e. The van der Waals surface area contributed by atoms with Gasteiger partial charge in [-0.05, 0) is 25.2 Å². The van der Waals surface area contributed by atoms with Crippen LogP contribution in [0.2, 0.25) is 0 Å². The Labute approximate surface area is 87.4 Å². The molecule has 0 aromatic heterocycles. The van der Waals surface area contributed by atoms with Gasteiger partial charge in [0.2, 0.25) is 5.91 Å². The van der Waals surface area contributed by atoms with Gasteiger partial charge in [0.1, 0.15) is 0 Å². The van der Waals surface area contributed by atoms with Crippen LogP contribution in [-0.4, -0.2) is 18.0 Å². The predicted molar refractivity (Wildman–Crippen MR) is 59.9 cm³/mol. The Bertz CT molecular complexity index is 188. The van der Waals surface area contributed by atoms with Crippen molar-refractivity contribution in [2.75, 3.05) is 6.54 Å². The Kier molecular flexibility index (Phi) is 5.13. The highest BCUT2D eigenvalue weighted by atomic mass is 16.2. The summed E-state index contributed by atoms with van der Waals surface area (Å²) in [6.45, 7) is 10.8. The van der Waals surface area contributed by atoms with E-state index < -0.39 is 5.54 Å². The number of carbonyl (C=O) groups excluding carboxylic acids is 1. The summed E-state index contributed by atoms with van der Waals surface area (Å²) in [4.78, 5) is 11.6. The van der Waals surface area contributed by atoms with Gasteiger partial charge in [0.05, 0.1) is 5.54 Å². The van der Waals surface area contributed by atoms with Crippen LogP contribution in [0.25, 0.3) is 0 Å². The van der Waals surface area contributed by atoms with Crippen molar-refractivity contribution in [1.82, 2.24) is 5.32 Å². The molecule has 0 aromatic carbocycles. The molecule has 0 heterocycles. The van der Waals surface area contributed by atoms with Crippen LogP contribution in [0.15, 0.2) is 0 Å². The molecule has 2 atom stereocenters. The summed E-state index contributed by atoms with van der Waals surface area (Å²) in [6, 6.07) is 0. The highest BCUT2D eigenvalue weighted by molar-refractivity contribution is 5.85. The minimum absolute atomic E-state index is 0.0486. The molecule has 1 amide bonds. The van der Waals surface area contributed by atoms with Gasteiger partial charge < -0.3 is 11.1 Å². The molecule has 0 spiro atoms. The molecule has 3 N–H and O–H groups in total. The summed E-state index contributed by atoms with van der Waals surface area (Å²) in [6.07, 6.45) is 0.662. The monoisotopic (exact) mass is 200 g/mol. The largest absolute Gasteiger partial charge is 0.354 e. The molecule has 3 nitrogen and oxygen atoms in total. The van der Waals surface area contributed by atoms with E-state index in [1.54, 1.807) is 6.92 Å². The van der Waals surface area contributed by atoms with Crippen molar-refractivity contribution in [2.45, 2.75) is 46.6 Å². The van der Waals surface area contributed by atoms with Gasteiger partial charge in [-0.1, -0.05) is 27.7 Å². The Morgan fingerprint density at radius 3 is 2.29 bits per heavy atom. The molecule has 2 unspecified atom stereocenters. The van der Waals surface area contributed by atoms with Crippen molar-refractivity contribution in [2.24, 2.45) is 17.6 Å². The molecule has 0 aliphatic rings. The molecule has 0 rings (SSSR count). The fourth-order valence-electron chi connectivity index (χ4n) is 0.852. The van der Waals surface area contributed by atoms with Crippen LogP contribution in [0.4, 0.5) is 0 Å². The number of carbonyl (C=O) groups is 1. The highest BCUT2D eigenvalue weighted by Gasteiger charge is 2.25. The van der Waals surface area contributed by atoms with E-state index in [-0.39, 0.29) is 5.91 Å². The Hall–Kier alpha value is -0.570. The number of rotatable bonds is 5. The summed E-state index contributed by atoms with van der Waals surface area (Å²) in [5.74, 6) is 1.03. The first kappa shape index (κ1) is 13.4. The Morgan fingerprint density at radius 2 is 1.93 bits per heavy atom.